The molecule has 0 saturated carbocycles. The summed E-state index contributed by atoms with van der Waals surface area (Å²) in [6.45, 7) is 3.74. The van der Waals surface area contributed by atoms with Gasteiger partial charge in [-0.3, -0.25) is 9.69 Å². The van der Waals surface area contributed by atoms with Gasteiger partial charge in [0.2, 0.25) is 0 Å². The Balaban J connectivity index is 1.71. The molecule has 4 rings (SSSR count). The molecule has 0 spiro atoms. The van der Waals surface area contributed by atoms with Crippen LogP contribution in [0.5, 0.6) is 5.75 Å². The van der Waals surface area contributed by atoms with Gasteiger partial charge in [0.25, 0.3) is 5.91 Å². The van der Waals surface area contributed by atoms with Gasteiger partial charge in [-0.25, -0.2) is 4.68 Å². The van der Waals surface area contributed by atoms with Gasteiger partial charge in [-0.15, -0.1) is 0 Å². The third kappa shape index (κ3) is 5.95. The number of halogens is 1. The number of thioether (sulfide) groups is 1. The molecule has 1 aliphatic heterocycles. The summed E-state index contributed by atoms with van der Waals surface area (Å²) < 4.78 is 13.2. The van der Waals surface area contributed by atoms with Gasteiger partial charge in [-0.05, 0) is 49.2 Å². The van der Waals surface area contributed by atoms with Crippen LogP contribution in [0.4, 0.5) is 0 Å². The van der Waals surface area contributed by atoms with Gasteiger partial charge in [-0.1, -0.05) is 60.7 Å². The van der Waals surface area contributed by atoms with Crippen LogP contribution in [-0.2, 0) is 9.53 Å². The van der Waals surface area contributed by atoms with Crippen molar-refractivity contribution in [3.8, 4) is 22.7 Å². The Morgan fingerprint density at radius 1 is 1.17 bits per heavy atom. The summed E-state index contributed by atoms with van der Waals surface area (Å²) in [7, 11) is 1.64. The summed E-state index contributed by atoms with van der Waals surface area (Å²) in [6.07, 6.45) is 5.38. The lowest BCUT2D eigenvalue weighted by atomic mass is 10.1. The highest BCUT2D eigenvalue weighted by Gasteiger charge is 2.32. The monoisotopic (exact) mass is 527 g/mol. The first kappa shape index (κ1) is 25.4. The lowest BCUT2D eigenvalue weighted by Crippen LogP contribution is -2.29. The number of carbonyl (C=O) groups excluding carboxylic acids is 1. The first-order valence-electron chi connectivity index (χ1n) is 11.3. The molecule has 35 heavy (non-hydrogen) atoms. The minimum absolute atomic E-state index is 0.101. The number of amides is 1. The van der Waals surface area contributed by atoms with Crippen molar-refractivity contribution >= 4 is 51.9 Å². The van der Waals surface area contributed by atoms with Crippen LogP contribution in [0.2, 0.25) is 5.02 Å². The quantitative estimate of drug-likeness (QED) is 0.177. The highest BCUT2D eigenvalue weighted by atomic mass is 35.5. The minimum Gasteiger partial charge on any atom is -0.492 e. The standard InChI is InChI=1S/C26H26ClN3O3S2/c1-3-13-33-22-11-10-18(15-21(22)27)24-19(17-30(28-24)20-8-5-4-6-9-20)16-23-25(31)29(26(34)35-23)12-7-14-32-2/h4-6,8-11,15-17H,3,7,12-14H2,1-2H3/b23-16-. The van der Waals surface area contributed by atoms with E-state index in [0.717, 1.165) is 29.7 Å². The predicted octanol–water partition coefficient (Wildman–Crippen LogP) is 6.22. The molecule has 0 atom stereocenters. The molecule has 0 unspecified atom stereocenters. The summed E-state index contributed by atoms with van der Waals surface area (Å²) in [6, 6.07) is 15.5. The third-order valence-electron chi connectivity index (χ3n) is 5.32. The molecule has 2 heterocycles. The van der Waals surface area contributed by atoms with Gasteiger partial charge < -0.3 is 9.47 Å². The Morgan fingerprint density at radius 3 is 2.69 bits per heavy atom. The van der Waals surface area contributed by atoms with Crippen LogP contribution in [-0.4, -0.2) is 51.8 Å². The van der Waals surface area contributed by atoms with Crippen molar-refractivity contribution in [1.29, 1.82) is 0 Å². The lowest BCUT2D eigenvalue weighted by molar-refractivity contribution is -0.122. The highest BCUT2D eigenvalue weighted by molar-refractivity contribution is 8.26. The van der Waals surface area contributed by atoms with Crippen LogP contribution in [0, 0.1) is 0 Å². The summed E-state index contributed by atoms with van der Waals surface area (Å²) >= 11 is 13.3. The van der Waals surface area contributed by atoms with Crippen LogP contribution < -0.4 is 4.74 Å². The number of benzene rings is 2. The smallest absolute Gasteiger partial charge is 0.266 e. The summed E-state index contributed by atoms with van der Waals surface area (Å²) in [4.78, 5) is 15.3. The fourth-order valence-electron chi connectivity index (χ4n) is 3.61. The molecule has 0 bridgehead atoms. The van der Waals surface area contributed by atoms with E-state index in [4.69, 9.17) is 38.4 Å². The van der Waals surface area contributed by atoms with Crippen LogP contribution >= 0.6 is 35.6 Å². The molecule has 1 aliphatic rings. The number of para-hydroxylation sites is 1. The number of carbonyl (C=O) groups is 1. The molecule has 6 nitrogen and oxygen atoms in total. The zero-order valence-corrected chi connectivity index (χ0v) is 22.0. The molecule has 0 N–H and O–H groups in total. The molecule has 0 radical (unpaired) electrons. The topological polar surface area (TPSA) is 56.6 Å². The number of hydrogen-bond acceptors (Lipinski definition) is 6. The number of nitrogens with zero attached hydrogens (tertiary/aromatic N) is 3. The minimum atomic E-state index is -0.101. The second kappa shape index (κ2) is 11.9. The number of ether oxygens (including phenoxy) is 2. The number of aromatic nitrogens is 2. The maximum Gasteiger partial charge on any atom is 0.266 e. The maximum absolute atomic E-state index is 13.1. The van der Waals surface area contributed by atoms with Crippen molar-refractivity contribution < 1.29 is 14.3 Å². The third-order valence-corrected chi connectivity index (χ3v) is 6.99. The number of thiocarbonyl (C=S) groups is 1. The Morgan fingerprint density at radius 2 is 1.97 bits per heavy atom. The molecule has 9 heteroatoms. The largest absolute Gasteiger partial charge is 0.492 e. The molecule has 2 aromatic carbocycles. The van der Waals surface area contributed by atoms with Gasteiger partial charge in [0, 0.05) is 37.6 Å². The normalized spacial score (nSPS) is 14.8. The van der Waals surface area contributed by atoms with Crippen molar-refractivity contribution in [2.24, 2.45) is 0 Å². The second-order valence-corrected chi connectivity index (χ2v) is 9.97. The van der Waals surface area contributed by atoms with Crippen LogP contribution in [0.15, 0.2) is 59.6 Å². The van der Waals surface area contributed by atoms with Crippen molar-refractivity contribution in [3.63, 3.8) is 0 Å². The Bertz CT molecular complexity index is 1240. The summed E-state index contributed by atoms with van der Waals surface area (Å²) in [5.74, 6) is 0.536. The molecule has 3 aromatic rings. The fourth-order valence-corrected chi connectivity index (χ4v) is 5.14. The molecule has 1 amide bonds. The van der Waals surface area contributed by atoms with Crippen molar-refractivity contribution in [1.82, 2.24) is 14.7 Å². The molecule has 1 fully saturated rings. The van der Waals surface area contributed by atoms with E-state index >= 15 is 0 Å². The van der Waals surface area contributed by atoms with Crippen LogP contribution in [0.1, 0.15) is 25.3 Å². The zero-order chi connectivity index (χ0) is 24.8. The van der Waals surface area contributed by atoms with Gasteiger partial charge in [-0.2, -0.15) is 5.10 Å². The zero-order valence-electron chi connectivity index (χ0n) is 19.6. The lowest BCUT2D eigenvalue weighted by Gasteiger charge is -2.13. The van der Waals surface area contributed by atoms with Crippen molar-refractivity contribution in [2.75, 3.05) is 26.9 Å². The summed E-state index contributed by atoms with van der Waals surface area (Å²) in [5, 5.41) is 5.35. The van der Waals surface area contributed by atoms with E-state index in [2.05, 4.69) is 0 Å². The molecule has 182 valence electrons. The van der Waals surface area contributed by atoms with Crippen molar-refractivity contribution in [2.45, 2.75) is 19.8 Å². The van der Waals surface area contributed by atoms with E-state index in [1.54, 1.807) is 16.7 Å². The maximum atomic E-state index is 13.1. The van der Waals surface area contributed by atoms with Gasteiger partial charge >= 0.3 is 0 Å². The van der Waals surface area contributed by atoms with Gasteiger partial charge in [0.1, 0.15) is 15.8 Å². The van der Waals surface area contributed by atoms with E-state index in [9.17, 15) is 4.79 Å². The van der Waals surface area contributed by atoms with Crippen LogP contribution in [0.3, 0.4) is 0 Å². The average molecular weight is 528 g/mol. The van der Waals surface area contributed by atoms with Crippen molar-refractivity contribution in [3.05, 3.63) is 70.2 Å². The van der Waals surface area contributed by atoms with Gasteiger partial charge in [0.15, 0.2) is 0 Å². The number of methoxy groups -OCH3 is 1. The first-order valence-corrected chi connectivity index (χ1v) is 12.9. The Hall–Kier alpha value is -2.65. The fraction of sp³-hybridized carbons (Fsp3) is 0.269. The van der Waals surface area contributed by atoms with E-state index in [0.29, 0.717) is 45.5 Å². The second-order valence-electron chi connectivity index (χ2n) is 7.89. The average Bonchev–Trinajstić information content (AvgIpc) is 3.40. The van der Waals surface area contributed by atoms with Crippen LogP contribution in [0.25, 0.3) is 23.0 Å². The molecular formula is C26H26ClN3O3S2. The van der Waals surface area contributed by atoms with E-state index in [-0.39, 0.29) is 5.91 Å². The highest BCUT2D eigenvalue weighted by Crippen LogP contribution is 2.36. The Kier molecular flexibility index (Phi) is 8.62. The Labute approximate surface area is 219 Å². The number of hydrogen-bond donors (Lipinski definition) is 0. The van der Waals surface area contributed by atoms with E-state index in [1.165, 1.54) is 11.8 Å². The van der Waals surface area contributed by atoms with E-state index in [1.807, 2.05) is 67.7 Å². The first-order chi connectivity index (χ1) is 17.0. The molecular weight excluding hydrogens is 502 g/mol. The molecule has 0 aliphatic carbocycles. The van der Waals surface area contributed by atoms with E-state index < -0.39 is 0 Å². The SMILES string of the molecule is CCCOc1ccc(-c2nn(-c3ccccc3)cc2/C=C2\SC(=S)N(CCCOC)C2=O)cc1Cl. The molecule has 1 saturated heterocycles. The van der Waals surface area contributed by atoms with Gasteiger partial charge in [0.05, 0.1) is 22.2 Å². The predicted molar refractivity (Wildman–Crippen MR) is 146 cm³/mol. The molecule has 1 aromatic heterocycles. The number of rotatable bonds is 10. The summed E-state index contributed by atoms with van der Waals surface area (Å²) in [5.41, 5.74) is 3.25.